The summed E-state index contributed by atoms with van der Waals surface area (Å²) in [5, 5.41) is 13.1. The van der Waals surface area contributed by atoms with Gasteiger partial charge in [0.05, 0.1) is 11.8 Å². The number of aromatic hydroxyl groups is 1. The number of halogens is 3. The van der Waals surface area contributed by atoms with Crippen LogP contribution in [0, 0.1) is 0 Å². The van der Waals surface area contributed by atoms with E-state index in [0.29, 0.717) is 11.6 Å². The van der Waals surface area contributed by atoms with E-state index in [-0.39, 0.29) is 11.3 Å². The molecule has 1 aromatic rings. The second-order valence-corrected chi connectivity index (χ2v) is 4.43. The Bertz CT molecular complexity index is 674. The second kappa shape index (κ2) is 7.98. The van der Waals surface area contributed by atoms with Gasteiger partial charge < -0.3 is 5.11 Å². The first-order valence-corrected chi connectivity index (χ1v) is 6.45. The molecule has 0 aliphatic carbocycles. The average molecular weight is 324 g/mol. The molecule has 122 valence electrons. The van der Waals surface area contributed by atoms with Crippen molar-refractivity contribution in [3.63, 3.8) is 0 Å². The number of alkyl halides is 3. The number of allylic oxidation sites excluding steroid dienone is 4. The summed E-state index contributed by atoms with van der Waals surface area (Å²) in [6.45, 7) is 4.42. The summed E-state index contributed by atoms with van der Waals surface area (Å²) in [6, 6.07) is 6.33. The zero-order valence-electron chi connectivity index (χ0n) is 12.3. The minimum Gasteiger partial charge on any atom is -0.507 e. The van der Waals surface area contributed by atoms with Crippen molar-refractivity contribution < 1.29 is 23.1 Å². The van der Waals surface area contributed by atoms with Crippen LogP contribution in [0.15, 0.2) is 65.3 Å². The Morgan fingerprint density at radius 3 is 2.52 bits per heavy atom. The van der Waals surface area contributed by atoms with Crippen LogP contribution in [0.3, 0.4) is 0 Å². The number of para-hydroxylation sites is 1. The van der Waals surface area contributed by atoms with Gasteiger partial charge in [0.15, 0.2) is 0 Å². The lowest BCUT2D eigenvalue weighted by atomic mass is 10.2. The van der Waals surface area contributed by atoms with E-state index in [2.05, 4.69) is 17.1 Å². The molecule has 0 radical (unpaired) electrons. The Hall–Kier alpha value is -2.83. The van der Waals surface area contributed by atoms with Gasteiger partial charge in [-0.3, -0.25) is 4.79 Å². The van der Waals surface area contributed by atoms with Gasteiger partial charge in [0, 0.05) is 11.1 Å². The highest BCUT2D eigenvalue weighted by Gasteiger charge is 2.30. The lowest BCUT2D eigenvalue weighted by Crippen LogP contribution is -2.18. The van der Waals surface area contributed by atoms with Crippen LogP contribution in [-0.2, 0) is 4.79 Å². The highest BCUT2D eigenvalue weighted by molar-refractivity contribution is 5.94. The van der Waals surface area contributed by atoms with Crippen LogP contribution in [0.2, 0.25) is 0 Å². The van der Waals surface area contributed by atoms with E-state index < -0.39 is 17.7 Å². The van der Waals surface area contributed by atoms with Gasteiger partial charge in [0.25, 0.3) is 5.91 Å². The van der Waals surface area contributed by atoms with Gasteiger partial charge in [0.2, 0.25) is 0 Å². The predicted octanol–water partition coefficient (Wildman–Crippen LogP) is 3.46. The molecule has 0 aliphatic heterocycles. The SMILES string of the molecule is C=C/C(=C\C=C(/C)C(=O)N/N=C/c1ccccc1O)C(F)(F)F. The molecule has 0 aromatic heterocycles. The number of phenols is 1. The van der Waals surface area contributed by atoms with Crippen molar-refractivity contribution in [1.82, 2.24) is 5.43 Å². The molecule has 0 aliphatic rings. The number of carbonyl (C=O) groups is 1. The lowest BCUT2D eigenvalue weighted by Gasteiger charge is -2.05. The topological polar surface area (TPSA) is 61.7 Å². The molecule has 1 amide bonds. The molecule has 2 N–H and O–H groups in total. The minimum atomic E-state index is -4.53. The van der Waals surface area contributed by atoms with E-state index in [9.17, 15) is 23.1 Å². The molecule has 0 saturated heterocycles. The fourth-order valence-electron chi connectivity index (χ4n) is 1.41. The van der Waals surface area contributed by atoms with Gasteiger partial charge in [-0.2, -0.15) is 18.3 Å². The van der Waals surface area contributed by atoms with Gasteiger partial charge in [-0.15, -0.1) is 0 Å². The Morgan fingerprint density at radius 2 is 1.96 bits per heavy atom. The van der Waals surface area contributed by atoms with Crippen molar-refractivity contribution in [1.29, 1.82) is 0 Å². The normalized spacial score (nSPS) is 13.2. The maximum absolute atomic E-state index is 12.5. The molecule has 0 atom stereocenters. The van der Waals surface area contributed by atoms with Crippen LogP contribution in [0.4, 0.5) is 13.2 Å². The van der Waals surface area contributed by atoms with Crippen LogP contribution in [0.5, 0.6) is 5.75 Å². The van der Waals surface area contributed by atoms with Crippen LogP contribution < -0.4 is 5.43 Å². The smallest absolute Gasteiger partial charge is 0.416 e. The maximum atomic E-state index is 12.5. The number of benzene rings is 1. The van der Waals surface area contributed by atoms with Crippen molar-refractivity contribution in [3.8, 4) is 5.75 Å². The Morgan fingerprint density at radius 1 is 1.30 bits per heavy atom. The highest BCUT2D eigenvalue weighted by atomic mass is 19.4. The summed E-state index contributed by atoms with van der Waals surface area (Å²) in [5.74, 6) is -0.681. The van der Waals surface area contributed by atoms with Crippen molar-refractivity contribution in [2.75, 3.05) is 0 Å². The third-order valence-corrected chi connectivity index (χ3v) is 2.72. The molecule has 0 heterocycles. The number of nitrogens with zero attached hydrogens (tertiary/aromatic N) is 1. The molecular weight excluding hydrogens is 309 g/mol. The molecule has 0 unspecified atom stereocenters. The monoisotopic (exact) mass is 324 g/mol. The first-order valence-electron chi connectivity index (χ1n) is 6.45. The third-order valence-electron chi connectivity index (χ3n) is 2.72. The molecule has 1 rings (SSSR count). The fourth-order valence-corrected chi connectivity index (χ4v) is 1.41. The number of rotatable bonds is 5. The molecule has 0 spiro atoms. The summed E-state index contributed by atoms with van der Waals surface area (Å²) in [6.07, 6.45) is -0.860. The summed E-state index contributed by atoms with van der Waals surface area (Å²) >= 11 is 0. The molecule has 1 aromatic carbocycles. The van der Waals surface area contributed by atoms with Gasteiger partial charge in [0.1, 0.15) is 5.75 Å². The van der Waals surface area contributed by atoms with Gasteiger partial charge in [-0.25, -0.2) is 5.43 Å². The van der Waals surface area contributed by atoms with Crippen LogP contribution in [0.25, 0.3) is 0 Å². The van der Waals surface area contributed by atoms with E-state index >= 15 is 0 Å². The molecule has 7 heteroatoms. The van der Waals surface area contributed by atoms with Crippen molar-refractivity contribution in [2.45, 2.75) is 13.1 Å². The van der Waals surface area contributed by atoms with Crippen molar-refractivity contribution in [3.05, 3.63) is 65.8 Å². The van der Waals surface area contributed by atoms with Crippen molar-refractivity contribution >= 4 is 12.1 Å². The zero-order valence-corrected chi connectivity index (χ0v) is 12.3. The number of hydrogen-bond acceptors (Lipinski definition) is 3. The zero-order chi connectivity index (χ0) is 17.5. The Kier molecular flexibility index (Phi) is 6.32. The molecule has 4 nitrogen and oxygen atoms in total. The molecule has 0 fully saturated rings. The number of hydrazone groups is 1. The highest BCUT2D eigenvalue weighted by Crippen LogP contribution is 2.26. The summed E-state index contributed by atoms with van der Waals surface area (Å²) in [7, 11) is 0. The van der Waals surface area contributed by atoms with Gasteiger partial charge in [-0.05, 0) is 25.1 Å². The number of nitrogens with one attached hydrogen (secondary N) is 1. The number of hydrogen-bond donors (Lipinski definition) is 2. The fraction of sp³-hybridized carbons (Fsp3) is 0.125. The standard InChI is InChI=1S/C16H15F3N2O2/c1-3-13(16(17,18)19)9-8-11(2)15(23)21-20-10-12-6-4-5-7-14(12)22/h3-10,22H,1H2,2H3,(H,21,23)/b11-8+,13-9+,20-10+. The van der Waals surface area contributed by atoms with Crippen molar-refractivity contribution in [2.24, 2.45) is 5.10 Å². The number of amides is 1. The summed E-state index contributed by atoms with van der Waals surface area (Å²) in [4.78, 5) is 11.7. The minimum absolute atomic E-state index is 0.0125. The quantitative estimate of drug-likeness (QED) is 0.377. The maximum Gasteiger partial charge on any atom is 0.416 e. The molecule has 0 saturated carbocycles. The van der Waals surface area contributed by atoms with E-state index in [1.165, 1.54) is 19.2 Å². The van der Waals surface area contributed by atoms with E-state index in [1.54, 1.807) is 18.2 Å². The van der Waals surface area contributed by atoms with Crippen LogP contribution >= 0.6 is 0 Å². The largest absolute Gasteiger partial charge is 0.507 e. The molecule has 23 heavy (non-hydrogen) atoms. The van der Waals surface area contributed by atoms with E-state index in [1.807, 2.05) is 0 Å². The second-order valence-electron chi connectivity index (χ2n) is 4.43. The Labute approximate surface area is 131 Å². The summed E-state index contributed by atoms with van der Waals surface area (Å²) < 4.78 is 37.5. The first kappa shape index (κ1) is 18.2. The third kappa shape index (κ3) is 5.82. The molecular formula is C16H15F3N2O2. The molecule has 0 bridgehead atoms. The lowest BCUT2D eigenvalue weighted by molar-refractivity contribution is -0.117. The van der Waals surface area contributed by atoms with E-state index in [4.69, 9.17) is 0 Å². The summed E-state index contributed by atoms with van der Waals surface area (Å²) in [5.41, 5.74) is 1.62. The first-order chi connectivity index (χ1) is 10.8. The number of phenolic OH excluding ortho intramolecular Hbond substituents is 1. The average Bonchev–Trinajstić information content (AvgIpc) is 2.48. The van der Waals surface area contributed by atoms with Gasteiger partial charge in [-0.1, -0.05) is 30.9 Å². The van der Waals surface area contributed by atoms with Crippen LogP contribution in [0.1, 0.15) is 12.5 Å². The van der Waals surface area contributed by atoms with Gasteiger partial charge >= 0.3 is 6.18 Å². The van der Waals surface area contributed by atoms with Crippen LogP contribution in [-0.4, -0.2) is 23.4 Å². The van der Waals surface area contributed by atoms with E-state index in [0.717, 1.165) is 12.2 Å². The Balaban J connectivity index is 2.74. The predicted molar refractivity (Wildman–Crippen MR) is 81.9 cm³/mol. The number of carbonyl (C=O) groups excluding carboxylic acids is 1.